The third-order valence-electron chi connectivity index (χ3n) is 5.01. The van der Waals surface area contributed by atoms with Crippen LogP contribution in [0.25, 0.3) is 0 Å². The summed E-state index contributed by atoms with van der Waals surface area (Å²) in [7, 11) is 0. The molecule has 1 aliphatic heterocycles. The number of rotatable bonds is 6. The molecule has 1 saturated heterocycles. The fraction of sp³-hybridized carbons (Fsp3) is 0.429. The first-order chi connectivity index (χ1) is 14.9. The van der Waals surface area contributed by atoms with Crippen LogP contribution in [0.3, 0.4) is 0 Å². The molecule has 3 N–H and O–H groups in total. The summed E-state index contributed by atoms with van der Waals surface area (Å²) in [6, 6.07) is 3.98. The fourth-order valence-electron chi connectivity index (χ4n) is 3.35. The maximum atomic E-state index is 13.2. The van der Waals surface area contributed by atoms with Gasteiger partial charge in [0.15, 0.2) is 0 Å². The highest BCUT2D eigenvalue weighted by atomic mass is 19.4. The van der Waals surface area contributed by atoms with Crippen LogP contribution < -0.4 is 20.9 Å². The standard InChI is InChI=1S/C21H25F3N6O2/c1-4-5-10-29(14-8-6-13(7-9-14)21(22,23)24)17(31)15-11-26-18(27-16(15)25)30-12-20(2,3)28-19(30)32/h6-9,11H,4-5,10,12H2,1-3H3,(H,28,32)(H2,25,26,27). The number of carbonyl (C=O) groups is 2. The van der Waals surface area contributed by atoms with Crippen molar-refractivity contribution >= 4 is 29.4 Å². The lowest BCUT2D eigenvalue weighted by Gasteiger charge is -2.24. The van der Waals surface area contributed by atoms with Gasteiger partial charge in [-0.15, -0.1) is 0 Å². The number of hydrogen-bond acceptors (Lipinski definition) is 5. The Bertz CT molecular complexity index is 1010. The average molecular weight is 450 g/mol. The second kappa shape index (κ2) is 8.64. The summed E-state index contributed by atoms with van der Waals surface area (Å²) in [6.45, 7) is 6.24. The summed E-state index contributed by atoms with van der Waals surface area (Å²) in [5.74, 6) is -0.587. The van der Waals surface area contributed by atoms with Gasteiger partial charge in [-0.1, -0.05) is 13.3 Å². The minimum Gasteiger partial charge on any atom is -0.383 e. The molecule has 2 heterocycles. The van der Waals surface area contributed by atoms with Crippen LogP contribution in [0.15, 0.2) is 30.5 Å². The molecule has 1 aromatic carbocycles. The highest BCUT2D eigenvalue weighted by Crippen LogP contribution is 2.31. The van der Waals surface area contributed by atoms with E-state index >= 15 is 0 Å². The van der Waals surface area contributed by atoms with E-state index in [2.05, 4.69) is 15.3 Å². The Morgan fingerprint density at radius 2 is 1.94 bits per heavy atom. The predicted octanol–water partition coefficient (Wildman–Crippen LogP) is 3.83. The molecule has 11 heteroatoms. The largest absolute Gasteiger partial charge is 0.416 e. The van der Waals surface area contributed by atoms with Gasteiger partial charge in [0.05, 0.1) is 17.6 Å². The maximum Gasteiger partial charge on any atom is 0.416 e. The zero-order valence-electron chi connectivity index (χ0n) is 18.0. The Kier molecular flexibility index (Phi) is 6.29. The van der Waals surface area contributed by atoms with Crippen LogP contribution in [-0.4, -0.2) is 40.5 Å². The monoisotopic (exact) mass is 450 g/mol. The smallest absolute Gasteiger partial charge is 0.383 e. The topological polar surface area (TPSA) is 104 Å². The number of unbranched alkanes of at least 4 members (excludes halogenated alkanes) is 1. The normalized spacial score (nSPS) is 15.6. The number of alkyl halides is 3. The number of nitrogen functional groups attached to an aromatic ring is 1. The summed E-state index contributed by atoms with van der Waals surface area (Å²) in [5.41, 5.74) is 5.06. The molecule has 1 aliphatic rings. The van der Waals surface area contributed by atoms with E-state index < -0.39 is 23.2 Å². The molecule has 3 amide bonds. The molecule has 32 heavy (non-hydrogen) atoms. The average Bonchev–Trinajstić information content (AvgIpc) is 3.00. The van der Waals surface area contributed by atoms with Crippen LogP contribution in [0.4, 0.5) is 35.4 Å². The number of amides is 3. The minimum atomic E-state index is -4.47. The molecule has 0 aliphatic carbocycles. The van der Waals surface area contributed by atoms with Crippen molar-refractivity contribution in [1.29, 1.82) is 0 Å². The van der Waals surface area contributed by atoms with Crippen molar-refractivity contribution in [3.63, 3.8) is 0 Å². The van der Waals surface area contributed by atoms with Gasteiger partial charge in [-0.25, -0.2) is 9.78 Å². The van der Waals surface area contributed by atoms with E-state index in [1.165, 1.54) is 28.1 Å². The predicted molar refractivity (Wildman–Crippen MR) is 114 cm³/mol. The van der Waals surface area contributed by atoms with Crippen LogP contribution in [0.5, 0.6) is 0 Å². The number of anilines is 3. The number of aromatic nitrogens is 2. The maximum absolute atomic E-state index is 13.2. The molecule has 1 aromatic heterocycles. The lowest BCUT2D eigenvalue weighted by atomic mass is 10.1. The second-order valence-electron chi connectivity index (χ2n) is 8.22. The van der Waals surface area contributed by atoms with Crippen molar-refractivity contribution in [1.82, 2.24) is 15.3 Å². The van der Waals surface area contributed by atoms with E-state index in [1.54, 1.807) is 0 Å². The third-order valence-corrected chi connectivity index (χ3v) is 5.01. The highest BCUT2D eigenvalue weighted by molar-refractivity contribution is 6.08. The van der Waals surface area contributed by atoms with Gasteiger partial charge in [0.1, 0.15) is 11.4 Å². The second-order valence-corrected chi connectivity index (χ2v) is 8.22. The summed E-state index contributed by atoms with van der Waals surface area (Å²) in [4.78, 5) is 36.3. The first-order valence-electron chi connectivity index (χ1n) is 10.1. The summed E-state index contributed by atoms with van der Waals surface area (Å²) in [5, 5.41) is 2.79. The van der Waals surface area contributed by atoms with E-state index in [1.807, 2.05) is 20.8 Å². The summed E-state index contributed by atoms with van der Waals surface area (Å²) >= 11 is 0. The van der Waals surface area contributed by atoms with Crippen LogP contribution in [0.2, 0.25) is 0 Å². The fourth-order valence-corrected chi connectivity index (χ4v) is 3.35. The molecule has 0 saturated carbocycles. The molecule has 1 fully saturated rings. The number of hydrogen-bond donors (Lipinski definition) is 2. The summed E-state index contributed by atoms with van der Waals surface area (Å²) < 4.78 is 38.7. The lowest BCUT2D eigenvalue weighted by Crippen LogP contribution is -2.36. The van der Waals surface area contributed by atoms with Crippen molar-refractivity contribution in [3.8, 4) is 0 Å². The van der Waals surface area contributed by atoms with Crippen molar-refractivity contribution in [2.75, 3.05) is 28.6 Å². The quantitative estimate of drug-likeness (QED) is 0.696. The van der Waals surface area contributed by atoms with Gasteiger partial charge >= 0.3 is 12.2 Å². The molecule has 0 radical (unpaired) electrons. The van der Waals surface area contributed by atoms with E-state index in [0.29, 0.717) is 18.7 Å². The van der Waals surface area contributed by atoms with Gasteiger partial charge < -0.3 is 16.0 Å². The molecule has 2 aromatic rings. The van der Waals surface area contributed by atoms with Crippen molar-refractivity contribution in [3.05, 3.63) is 41.6 Å². The number of carbonyl (C=O) groups excluding carboxylic acids is 2. The van der Waals surface area contributed by atoms with E-state index in [0.717, 1.165) is 18.6 Å². The first kappa shape index (κ1) is 23.3. The summed E-state index contributed by atoms with van der Waals surface area (Å²) in [6.07, 6.45) is -1.83. The van der Waals surface area contributed by atoms with Gasteiger partial charge in [-0.05, 0) is 44.5 Å². The van der Waals surface area contributed by atoms with Crippen molar-refractivity contribution in [2.24, 2.45) is 0 Å². The van der Waals surface area contributed by atoms with Crippen molar-refractivity contribution < 1.29 is 22.8 Å². The Hall–Kier alpha value is -3.37. The molecule has 0 unspecified atom stereocenters. The Balaban J connectivity index is 1.89. The van der Waals surface area contributed by atoms with Crippen LogP contribution in [-0.2, 0) is 6.18 Å². The molecular weight excluding hydrogens is 425 g/mol. The molecule has 0 bridgehead atoms. The van der Waals surface area contributed by atoms with Crippen molar-refractivity contribution in [2.45, 2.75) is 45.3 Å². The van der Waals surface area contributed by atoms with Crippen LogP contribution in [0, 0.1) is 0 Å². The zero-order chi connectivity index (χ0) is 23.7. The molecule has 0 atom stereocenters. The third kappa shape index (κ3) is 4.92. The number of nitrogens with zero attached hydrogens (tertiary/aromatic N) is 4. The van der Waals surface area contributed by atoms with Crippen LogP contribution in [0.1, 0.15) is 49.5 Å². The lowest BCUT2D eigenvalue weighted by molar-refractivity contribution is -0.137. The van der Waals surface area contributed by atoms with Crippen LogP contribution >= 0.6 is 0 Å². The number of urea groups is 1. The Morgan fingerprint density at radius 3 is 2.44 bits per heavy atom. The number of nitrogens with two attached hydrogens (primary N) is 1. The van der Waals surface area contributed by atoms with E-state index in [4.69, 9.17) is 5.73 Å². The molecule has 3 rings (SSSR count). The molecular formula is C21H25F3N6O2. The van der Waals surface area contributed by atoms with E-state index in [-0.39, 0.29) is 29.9 Å². The molecule has 172 valence electrons. The molecule has 0 spiro atoms. The van der Waals surface area contributed by atoms with Gasteiger partial charge in [0.25, 0.3) is 5.91 Å². The zero-order valence-corrected chi connectivity index (χ0v) is 18.0. The first-order valence-corrected chi connectivity index (χ1v) is 10.1. The van der Waals surface area contributed by atoms with Gasteiger partial charge in [0.2, 0.25) is 5.95 Å². The number of nitrogens with one attached hydrogen (secondary N) is 1. The SMILES string of the molecule is CCCCN(C(=O)c1cnc(N2CC(C)(C)NC2=O)nc1N)c1ccc(C(F)(F)F)cc1. The number of halogens is 3. The highest BCUT2D eigenvalue weighted by Gasteiger charge is 2.37. The minimum absolute atomic E-state index is 0.00335. The number of benzene rings is 1. The molecule has 8 nitrogen and oxygen atoms in total. The van der Waals surface area contributed by atoms with Gasteiger partial charge in [0, 0.05) is 18.4 Å². The van der Waals surface area contributed by atoms with Gasteiger partial charge in [-0.3, -0.25) is 9.69 Å². The Labute approximate surface area is 183 Å². The van der Waals surface area contributed by atoms with Gasteiger partial charge in [-0.2, -0.15) is 18.2 Å². The van der Waals surface area contributed by atoms with E-state index in [9.17, 15) is 22.8 Å². The Morgan fingerprint density at radius 1 is 1.28 bits per heavy atom.